The topological polar surface area (TPSA) is 112 Å². The molecule has 0 radical (unpaired) electrons. The van der Waals surface area contributed by atoms with Gasteiger partial charge in [0, 0.05) is 23.6 Å². The Balaban J connectivity index is 1.72. The summed E-state index contributed by atoms with van der Waals surface area (Å²) in [6.07, 6.45) is 0. The largest absolute Gasteiger partial charge is 0.484 e. The standard InChI is InChI=1S/C19H16N2O6/c1-11-7-15(16(21(24)25)8-12(11)2)20-18(22)10-26-14-5-3-13-4-6-19(23)27-17(13)9-14/h3-9H,10H2,1-2H3,(H,20,22). The van der Waals surface area contributed by atoms with Gasteiger partial charge < -0.3 is 14.5 Å². The van der Waals surface area contributed by atoms with Gasteiger partial charge in [-0.3, -0.25) is 14.9 Å². The van der Waals surface area contributed by atoms with Crippen molar-refractivity contribution >= 4 is 28.3 Å². The molecule has 1 N–H and O–H groups in total. The third-order valence-electron chi connectivity index (χ3n) is 4.05. The number of nitro groups is 1. The van der Waals surface area contributed by atoms with Gasteiger partial charge in [0.25, 0.3) is 11.6 Å². The lowest BCUT2D eigenvalue weighted by Gasteiger charge is -2.10. The van der Waals surface area contributed by atoms with Crippen molar-refractivity contribution in [3.8, 4) is 5.75 Å². The molecular weight excluding hydrogens is 352 g/mol. The Morgan fingerprint density at radius 2 is 1.85 bits per heavy atom. The van der Waals surface area contributed by atoms with Gasteiger partial charge in [0.05, 0.1) is 4.92 Å². The van der Waals surface area contributed by atoms with Gasteiger partial charge in [-0.2, -0.15) is 0 Å². The molecule has 0 aliphatic carbocycles. The number of anilines is 1. The minimum atomic E-state index is -0.547. The molecule has 2 aromatic carbocycles. The first-order valence-electron chi connectivity index (χ1n) is 8.06. The molecule has 0 saturated heterocycles. The Bertz CT molecular complexity index is 1100. The lowest BCUT2D eigenvalue weighted by Crippen LogP contribution is -2.21. The number of hydrogen-bond acceptors (Lipinski definition) is 6. The quantitative estimate of drug-likeness (QED) is 0.420. The summed E-state index contributed by atoms with van der Waals surface area (Å²) in [4.78, 5) is 34.1. The van der Waals surface area contributed by atoms with Crippen LogP contribution in [0.1, 0.15) is 11.1 Å². The second kappa shape index (κ2) is 7.28. The first-order chi connectivity index (χ1) is 12.8. The van der Waals surface area contributed by atoms with Gasteiger partial charge in [0.2, 0.25) is 0 Å². The summed E-state index contributed by atoms with van der Waals surface area (Å²) < 4.78 is 10.5. The Morgan fingerprint density at radius 1 is 1.15 bits per heavy atom. The number of nitrogens with one attached hydrogen (secondary N) is 1. The average molecular weight is 368 g/mol. The van der Waals surface area contributed by atoms with Crippen molar-refractivity contribution in [2.75, 3.05) is 11.9 Å². The van der Waals surface area contributed by atoms with E-state index in [0.29, 0.717) is 11.3 Å². The number of carbonyl (C=O) groups excluding carboxylic acids is 1. The van der Waals surface area contributed by atoms with Crippen molar-refractivity contribution in [1.29, 1.82) is 0 Å². The Hall–Kier alpha value is -3.68. The number of aryl methyl sites for hydroxylation is 2. The number of nitrogens with zero attached hydrogens (tertiary/aromatic N) is 1. The molecule has 8 heteroatoms. The first-order valence-corrected chi connectivity index (χ1v) is 8.06. The van der Waals surface area contributed by atoms with Gasteiger partial charge in [-0.05, 0) is 49.2 Å². The van der Waals surface area contributed by atoms with Crippen LogP contribution in [0.3, 0.4) is 0 Å². The minimum Gasteiger partial charge on any atom is -0.484 e. The maximum absolute atomic E-state index is 12.1. The molecule has 1 heterocycles. The van der Waals surface area contributed by atoms with E-state index >= 15 is 0 Å². The maximum Gasteiger partial charge on any atom is 0.336 e. The predicted octanol–water partition coefficient (Wildman–Crippen LogP) is 3.34. The highest BCUT2D eigenvalue weighted by Crippen LogP contribution is 2.28. The van der Waals surface area contributed by atoms with E-state index in [0.717, 1.165) is 16.5 Å². The van der Waals surface area contributed by atoms with E-state index in [4.69, 9.17) is 9.15 Å². The highest BCUT2D eigenvalue weighted by molar-refractivity contribution is 5.94. The molecule has 27 heavy (non-hydrogen) atoms. The van der Waals surface area contributed by atoms with Crippen LogP contribution in [-0.2, 0) is 4.79 Å². The Labute approximate surface area is 153 Å². The Kier molecular flexibility index (Phi) is 4.89. The fourth-order valence-corrected chi connectivity index (χ4v) is 2.52. The SMILES string of the molecule is Cc1cc(NC(=O)COc2ccc3ccc(=O)oc3c2)c([N+](=O)[O-])cc1C. The summed E-state index contributed by atoms with van der Waals surface area (Å²) in [7, 11) is 0. The van der Waals surface area contributed by atoms with E-state index in [-0.39, 0.29) is 18.0 Å². The first kappa shape index (κ1) is 18.1. The number of rotatable bonds is 5. The number of benzene rings is 2. The second-order valence-electron chi connectivity index (χ2n) is 6.00. The molecule has 1 amide bonds. The van der Waals surface area contributed by atoms with Gasteiger partial charge >= 0.3 is 5.63 Å². The van der Waals surface area contributed by atoms with E-state index < -0.39 is 16.5 Å². The van der Waals surface area contributed by atoms with Crippen LogP contribution in [0, 0.1) is 24.0 Å². The van der Waals surface area contributed by atoms with Crippen molar-refractivity contribution in [2.24, 2.45) is 0 Å². The minimum absolute atomic E-state index is 0.112. The molecule has 0 saturated carbocycles. The number of amides is 1. The van der Waals surface area contributed by atoms with Gasteiger partial charge in [-0.1, -0.05) is 0 Å². The van der Waals surface area contributed by atoms with Crippen molar-refractivity contribution < 1.29 is 18.9 Å². The number of ether oxygens (including phenoxy) is 1. The lowest BCUT2D eigenvalue weighted by molar-refractivity contribution is -0.384. The van der Waals surface area contributed by atoms with Crippen LogP contribution in [0.2, 0.25) is 0 Å². The maximum atomic E-state index is 12.1. The summed E-state index contributed by atoms with van der Waals surface area (Å²) in [6.45, 7) is 3.20. The highest BCUT2D eigenvalue weighted by atomic mass is 16.6. The summed E-state index contributed by atoms with van der Waals surface area (Å²) in [5.74, 6) is -0.211. The molecule has 3 rings (SSSR count). The fourth-order valence-electron chi connectivity index (χ4n) is 2.52. The molecule has 1 aromatic heterocycles. The van der Waals surface area contributed by atoms with E-state index in [9.17, 15) is 19.7 Å². The van der Waals surface area contributed by atoms with Crippen LogP contribution in [0.15, 0.2) is 51.7 Å². The van der Waals surface area contributed by atoms with E-state index in [1.807, 2.05) is 0 Å². The fraction of sp³-hybridized carbons (Fsp3) is 0.158. The van der Waals surface area contributed by atoms with E-state index in [1.54, 1.807) is 38.1 Å². The number of fused-ring (bicyclic) bond motifs is 1. The zero-order valence-electron chi connectivity index (χ0n) is 14.6. The van der Waals surface area contributed by atoms with Crippen LogP contribution in [0.25, 0.3) is 11.0 Å². The summed E-state index contributed by atoms with van der Waals surface area (Å²) in [6, 6.07) is 10.7. The molecule has 0 aliphatic heterocycles. The molecule has 0 atom stereocenters. The molecule has 0 bridgehead atoms. The predicted molar refractivity (Wildman–Crippen MR) is 99.2 cm³/mol. The summed E-state index contributed by atoms with van der Waals surface area (Å²) in [5, 5.41) is 14.4. The molecule has 0 unspecified atom stereocenters. The highest BCUT2D eigenvalue weighted by Gasteiger charge is 2.17. The number of carbonyl (C=O) groups is 1. The molecule has 0 spiro atoms. The number of nitro benzene ring substituents is 1. The second-order valence-corrected chi connectivity index (χ2v) is 6.00. The van der Waals surface area contributed by atoms with Gasteiger partial charge in [0.15, 0.2) is 6.61 Å². The molecule has 0 aliphatic rings. The molecule has 8 nitrogen and oxygen atoms in total. The third-order valence-corrected chi connectivity index (χ3v) is 4.05. The van der Waals surface area contributed by atoms with Crippen molar-refractivity contribution in [3.05, 3.63) is 74.1 Å². The van der Waals surface area contributed by atoms with Crippen LogP contribution >= 0.6 is 0 Å². The monoisotopic (exact) mass is 368 g/mol. The van der Waals surface area contributed by atoms with Crippen molar-refractivity contribution in [1.82, 2.24) is 0 Å². The van der Waals surface area contributed by atoms with E-state index in [1.165, 1.54) is 18.2 Å². The molecular formula is C19H16N2O6. The summed E-state index contributed by atoms with van der Waals surface area (Å²) >= 11 is 0. The summed E-state index contributed by atoms with van der Waals surface area (Å²) in [5.41, 5.74) is 1.36. The molecule has 3 aromatic rings. The normalized spacial score (nSPS) is 10.6. The van der Waals surface area contributed by atoms with Crippen LogP contribution in [0.5, 0.6) is 5.75 Å². The van der Waals surface area contributed by atoms with Gasteiger partial charge in [-0.25, -0.2) is 4.79 Å². The van der Waals surface area contributed by atoms with Crippen LogP contribution in [-0.4, -0.2) is 17.4 Å². The lowest BCUT2D eigenvalue weighted by atomic mass is 10.1. The van der Waals surface area contributed by atoms with Crippen molar-refractivity contribution in [2.45, 2.75) is 13.8 Å². The molecule has 0 fully saturated rings. The average Bonchev–Trinajstić information content (AvgIpc) is 2.62. The smallest absolute Gasteiger partial charge is 0.336 e. The molecule has 138 valence electrons. The van der Waals surface area contributed by atoms with Gasteiger partial charge in [0.1, 0.15) is 17.0 Å². The van der Waals surface area contributed by atoms with Crippen LogP contribution < -0.4 is 15.7 Å². The van der Waals surface area contributed by atoms with E-state index in [2.05, 4.69) is 5.32 Å². The third kappa shape index (κ3) is 4.12. The zero-order valence-corrected chi connectivity index (χ0v) is 14.6. The number of hydrogen-bond donors (Lipinski definition) is 1. The zero-order chi connectivity index (χ0) is 19.6. The van der Waals surface area contributed by atoms with Gasteiger partial charge in [-0.15, -0.1) is 0 Å². The van der Waals surface area contributed by atoms with Crippen molar-refractivity contribution in [3.63, 3.8) is 0 Å². The van der Waals surface area contributed by atoms with Crippen LogP contribution in [0.4, 0.5) is 11.4 Å². The Morgan fingerprint density at radius 3 is 2.59 bits per heavy atom.